The van der Waals surface area contributed by atoms with E-state index in [1.54, 1.807) is 52.0 Å². The fourth-order valence-corrected chi connectivity index (χ4v) is 17.5. The Morgan fingerprint density at radius 2 is 1.02 bits per heavy atom. The summed E-state index contributed by atoms with van der Waals surface area (Å²) in [5.41, 5.74) is 21.4. The minimum absolute atomic E-state index is 0.00554. The number of carboxylic acids is 1. The molecule has 4 heterocycles. The zero-order valence-electron chi connectivity index (χ0n) is 77.3. The molecule has 42 nitrogen and oxygen atoms in total. The first-order chi connectivity index (χ1) is 65.0. The average Bonchev–Trinajstić information content (AvgIpc) is 1.60. The van der Waals surface area contributed by atoms with Gasteiger partial charge in [0.2, 0.25) is 88.6 Å². The smallest absolute Gasteiger partial charge is 0.305 e. The molecule has 136 heavy (non-hydrogen) atoms. The molecule has 24 N–H and O–H groups in total. The molecule has 1 aliphatic carbocycles. The first-order valence-electron chi connectivity index (χ1n) is 46.0. The number of nitrogens with one attached hydrogen (secondary N) is 17. The number of nitrogens with zero attached hydrogens (tertiary/aromatic N) is 4. The summed E-state index contributed by atoms with van der Waals surface area (Å²) < 4.78 is 5.65. The minimum Gasteiger partial charge on any atom is -0.481 e. The molecule has 0 unspecified atom stereocenters. The first kappa shape index (κ1) is 106. The van der Waals surface area contributed by atoms with E-state index < -0.39 is 216 Å². The molecule has 3 saturated heterocycles. The number of hydrogen-bond donors (Lipinski definition) is 21. The molecule has 1 saturated carbocycles. The van der Waals surface area contributed by atoms with Crippen LogP contribution in [0.2, 0.25) is 0 Å². The minimum atomic E-state index is -2.00. The van der Waals surface area contributed by atoms with Gasteiger partial charge in [-0.3, -0.25) is 92.4 Å². The van der Waals surface area contributed by atoms with Gasteiger partial charge in [-0.1, -0.05) is 156 Å². The molecule has 12 atom stereocenters. The van der Waals surface area contributed by atoms with Gasteiger partial charge in [0.1, 0.15) is 72.5 Å². The monoisotopic (exact) mass is 1900 g/mol. The van der Waals surface area contributed by atoms with Crippen LogP contribution in [-0.2, 0) is 101 Å². The van der Waals surface area contributed by atoms with Gasteiger partial charge in [-0.05, 0) is 109 Å². The summed E-state index contributed by atoms with van der Waals surface area (Å²) in [5, 5.41) is 63.8. The summed E-state index contributed by atoms with van der Waals surface area (Å²) in [5.74, 6) is -18.5. The van der Waals surface area contributed by atoms with Crippen molar-refractivity contribution in [1.29, 1.82) is 10.8 Å². The highest BCUT2D eigenvalue weighted by Crippen LogP contribution is 2.30. The second-order valence-corrected chi connectivity index (χ2v) is 36.3. The molecule has 9 rings (SSSR count). The molecule has 5 aromatic rings. The Morgan fingerprint density at radius 3 is 1.57 bits per heavy atom. The molecule has 4 aromatic carbocycles. The number of thioether (sulfide) groups is 1. The summed E-state index contributed by atoms with van der Waals surface area (Å²) in [6.07, 6.45) is 3.72. The van der Waals surface area contributed by atoms with E-state index in [1.165, 1.54) is 24.5 Å². The quantitative estimate of drug-likeness (QED) is 0.0162. The van der Waals surface area contributed by atoms with Crippen molar-refractivity contribution in [2.24, 2.45) is 35.0 Å². The van der Waals surface area contributed by atoms with Crippen molar-refractivity contribution < 1.29 is 86.6 Å². The van der Waals surface area contributed by atoms with Crippen LogP contribution >= 0.6 is 11.8 Å². The van der Waals surface area contributed by atoms with Gasteiger partial charge >= 0.3 is 5.97 Å². The fourth-order valence-electron chi connectivity index (χ4n) is 16.6. The summed E-state index contributed by atoms with van der Waals surface area (Å²) in [6, 6.07) is 14.8. The predicted octanol–water partition coefficient (Wildman–Crippen LogP) is -1.48. The Balaban J connectivity index is 1.10. The number of H-pyrrole nitrogens is 1. The number of ether oxygens (including phenoxy) is 1. The van der Waals surface area contributed by atoms with E-state index in [4.69, 9.17) is 32.8 Å². The van der Waals surface area contributed by atoms with Crippen LogP contribution in [0.5, 0.6) is 0 Å². The molecule has 0 bridgehead atoms. The molecule has 4 aliphatic rings. The molecule has 15 amide bonds. The number of aromatic nitrogens is 2. The lowest BCUT2D eigenvalue weighted by atomic mass is 9.83. The number of aliphatic carboxylic acids is 1. The molecule has 736 valence electrons. The third-order valence-electron chi connectivity index (χ3n) is 23.8. The van der Waals surface area contributed by atoms with Gasteiger partial charge in [0.05, 0.1) is 44.8 Å². The van der Waals surface area contributed by atoms with Crippen molar-refractivity contribution in [3.63, 3.8) is 0 Å². The molecular formula is C93H130N24O18S. The number of amides is 15. The van der Waals surface area contributed by atoms with Gasteiger partial charge in [0.25, 0.3) is 0 Å². The lowest BCUT2D eigenvalue weighted by Gasteiger charge is -2.34. The Kier molecular flexibility index (Phi) is 41.7. The number of morpholine rings is 1. The van der Waals surface area contributed by atoms with E-state index in [0.29, 0.717) is 49.9 Å². The summed E-state index contributed by atoms with van der Waals surface area (Å²) in [7, 11) is 1.26. The number of likely N-dealkylation sites (N-methyl/N-ethyl adjacent to an activating group) is 1. The van der Waals surface area contributed by atoms with E-state index >= 15 is 33.6 Å². The Labute approximate surface area is 793 Å². The van der Waals surface area contributed by atoms with Crippen LogP contribution in [-0.4, -0.2) is 293 Å². The third kappa shape index (κ3) is 34.1. The number of imidazole rings is 1. The molecule has 0 spiro atoms. The van der Waals surface area contributed by atoms with Gasteiger partial charge in [-0.2, -0.15) is 0 Å². The van der Waals surface area contributed by atoms with Crippen molar-refractivity contribution in [2.45, 2.75) is 203 Å². The zero-order chi connectivity index (χ0) is 98.5. The number of primary amides is 1. The number of fused-ring (bicyclic) bond motifs is 1. The molecule has 1 aromatic heterocycles. The van der Waals surface area contributed by atoms with Gasteiger partial charge in [0.15, 0.2) is 11.9 Å². The number of hydrogen-bond acceptors (Lipinski definition) is 22. The number of guanidine groups is 2. The highest BCUT2D eigenvalue weighted by Gasteiger charge is 2.44. The zero-order valence-corrected chi connectivity index (χ0v) is 78.1. The topological polar surface area (TPSA) is 635 Å². The second kappa shape index (κ2) is 53.5. The lowest BCUT2D eigenvalue weighted by Crippen LogP contribution is -2.62. The van der Waals surface area contributed by atoms with E-state index in [9.17, 15) is 48.3 Å². The van der Waals surface area contributed by atoms with Gasteiger partial charge in [-0.15, -0.1) is 11.8 Å². The third-order valence-corrected chi connectivity index (χ3v) is 24.8. The standard InChI is InChI=1S/C93H130N24O18S/c1-54(2)42-66-83(126)112-72(80(123)102-48-74(94)118)51-136-52-76(120)105-71(49-116-38-40-135-41-39-116)87(130)109-67(43-56-27-31-60(32-28-56)58-18-9-6-10-19-58)84(127)111-70(44-57-29-33-61(34-30-57)59-20-11-7-12-21-59)90(133)115(5)50-75(119)104-68(45-63-47-99-53-103-63)85(128)110-69(46-77(121)122)86(129)106-65(25-16-36-101-93(97)98)82(125)113-78(55(3)4)91(134)117-37-17-26-73(117)88(131)114-79(62-22-13-8-14-23-62)89(132)107-64(81(124)108-66)24-15-35-100-92(95)96/h6-7,9-12,18-21,27-34,47,53-55,62,64-73,78-79H,8,13-17,22-26,35-46,48-52H2,1-5H3,(H2,94,118)(H,99,103)(H,102,123)(H,104,119)(H,105,120)(H,106,129)(H,107,132)(H,108,124)(H,109,130)(H,110,128)(H,111,127)(H,112,126)(H,113,125)(H,114,131)(H,121,122)(H4,95,96,100)(H4,97,98,101)/t64-,65+,66-,67-,68-,69-,70-,71-,72-,73-,78-,79-/m0/s1. The van der Waals surface area contributed by atoms with Crippen molar-refractivity contribution in [2.75, 3.05) is 84.1 Å². The van der Waals surface area contributed by atoms with Crippen molar-refractivity contribution in [1.82, 2.24) is 99.1 Å². The van der Waals surface area contributed by atoms with Crippen LogP contribution < -0.4 is 91.6 Å². The van der Waals surface area contributed by atoms with Gasteiger partial charge in [0, 0.05) is 83.2 Å². The summed E-state index contributed by atoms with van der Waals surface area (Å²) in [6.45, 7) is 6.23. The van der Waals surface area contributed by atoms with E-state index in [-0.39, 0.29) is 121 Å². The largest absolute Gasteiger partial charge is 0.481 e. The Hall–Kier alpha value is -13.6. The first-order valence-corrected chi connectivity index (χ1v) is 47.2. The fraction of sp³-hybridized carbons (Fsp3) is 0.516. The van der Waals surface area contributed by atoms with Crippen LogP contribution in [0.25, 0.3) is 22.3 Å². The Morgan fingerprint density at radius 1 is 0.522 bits per heavy atom. The SMILES string of the molecule is CC(C)C[C@@H]1NC(=O)[C@H](CCCNC(=N)N)NC(=O)[C@H](C2CCCCC2)NC(=O)[C@@H]2CCCN2C(=O)[C@H](C(C)C)NC(=O)[C@@H](CCCNC(=N)N)NC(=O)[C@H](CC(=O)O)NC(=O)[C@H](Cc2cnc[nH]2)NC(=O)CN(C)C(=O)[C@H](Cc2ccc(-c3ccccc3)cc2)NC(=O)[C@H](Cc2ccc(-c3ccccc3)cc2)NC(=O)[C@H](CN2CCOCC2)NC(=O)CSC[C@@H](C(=O)NCC(N)=O)NC1=O. The van der Waals surface area contributed by atoms with Crippen LogP contribution in [0.3, 0.4) is 0 Å². The van der Waals surface area contributed by atoms with Crippen molar-refractivity contribution in [3.8, 4) is 22.3 Å². The normalized spacial score (nSPS) is 23.6. The van der Waals surface area contributed by atoms with E-state index in [2.05, 4.69) is 84.4 Å². The number of carbonyl (C=O) groups is 16. The summed E-state index contributed by atoms with van der Waals surface area (Å²) >= 11 is 0.835. The maximum absolute atomic E-state index is 15.7. The van der Waals surface area contributed by atoms with Crippen LogP contribution in [0.15, 0.2) is 122 Å². The van der Waals surface area contributed by atoms with E-state index in [1.807, 2.05) is 89.8 Å². The molecule has 0 radical (unpaired) electrons. The lowest BCUT2D eigenvalue weighted by molar-refractivity contribution is -0.144. The number of carboxylic acid groups (broad SMARTS) is 1. The van der Waals surface area contributed by atoms with Crippen LogP contribution in [0.4, 0.5) is 0 Å². The number of benzene rings is 4. The van der Waals surface area contributed by atoms with Crippen molar-refractivity contribution in [3.05, 3.63) is 139 Å². The number of aromatic amines is 1. The maximum atomic E-state index is 15.7. The van der Waals surface area contributed by atoms with Gasteiger partial charge in [-0.25, -0.2) is 4.98 Å². The van der Waals surface area contributed by atoms with E-state index in [0.717, 1.165) is 45.3 Å². The highest BCUT2D eigenvalue weighted by molar-refractivity contribution is 8.00. The molecule has 4 fully saturated rings. The average molecular weight is 1900 g/mol. The molecular weight excluding hydrogens is 1770 g/mol. The molecule has 43 heteroatoms. The maximum Gasteiger partial charge on any atom is 0.305 e. The van der Waals surface area contributed by atoms with Crippen molar-refractivity contribution >= 4 is 118 Å². The number of rotatable bonds is 27. The second-order valence-electron chi connectivity index (χ2n) is 35.3. The van der Waals surface area contributed by atoms with Crippen LogP contribution in [0, 0.1) is 28.6 Å². The molecule has 3 aliphatic heterocycles. The summed E-state index contributed by atoms with van der Waals surface area (Å²) in [4.78, 5) is 246. The van der Waals surface area contributed by atoms with Crippen LogP contribution in [0.1, 0.15) is 128 Å². The van der Waals surface area contributed by atoms with Gasteiger partial charge < -0.3 is 116 Å². The Bertz CT molecular complexity index is 4930. The predicted molar refractivity (Wildman–Crippen MR) is 505 cm³/mol. The highest BCUT2D eigenvalue weighted by atomic mass is 32.2. The number of carbonyl (C=O) groups excluding carboxylic acids is 15. The number of nitrogens with two attached hydrogens (primary N) is 3.